The number of halogens is 1. The predicted molar refractivity (Wildman–Crippen MR) is 59.9 cm³/mol. The highest BCUT2D eigenvalue weighted by atomic mass is 19.1. The van der Waals surface area contributed by atoms with E-state index in [9.17, 15) is 4.39 Å². The van der Waals surface area contributed by atoms with Gasteiger partial charge in [0, 0.05) is 11.6 Å². The molecule has 1 rings (SSSR count). The van der Waals surface area contributed by atoms with E-state index >= 15 is 0 Å². The van der Waals surface area contributed by atoms with E-state index in [1.54, 1.807) is 19.2 Å². The Bertz CT molecular complexity index is 323. The molecule has 0 aliphatic rings. The van der Waals surface area contributed by atoms with E-state index in [0.29, 0.717) is 17.7 Å². The molecule has 1 aromatic carbocycles. The summed E-state index contributed by atoms with van der Waals surface area (Å²) in [6, 6.07) is 5.42. The third kappa shape index (κ3) is 2.93. The molecular formula is C12H18FNO. The van der Waals surface area contributed by atoms with Crippen LogP contribution in [0.15, 0.2) is 18.2 Å². The number of hydrogen-bond donors (Lipinski definition) is 1. The van der Waals surface area contributed by atoms with Gasteiger partial charge in [0.05, 0.1) is 7.11 Å². The monoisotopic (exact) mass is 211 g/mol. The van der Waals surface area contributed by atoms with Crippen LogP contribution in [0, 0.1) is 0 Å². The number of alkyl halides is 1. The van der Waals surface area contributed by atoms with Crippen LogP contribution < -0.4 is 10.5 Å². The summed E-state index contributed by atoms with van der Waals surface area (Å²) < 4.78 is 18.6. The Kier molecular flexibility index (Phi) is 4.09. The molecule has 0 saturated heterocycles. The summed E-state index contributed by atoms with van der Waals surface area (Å²) in [7, 11) is 1.59. The molecule has 2 nitrogen and oxygen atoms in total. The Morgan fingerprint density at radius 1 is 1.40 bits per heavy atom. The van der Waals surface area contributed by atoms with Crippen molar-refractivity contribution in [2.24, 2.45) is 5.73 Å². The molecule has 0 fully saturated rings. The largest absolute Gasteiger partial charge is 0.496 e. The molecule has 84 valence electrons. The van der Waals surface area contributed by atoms with Gasteiger partial charge in [0.2, 0.25) is 0 Å². The Morgan fingerprint density at radius 3 is 2.53 bits per heavy atom. The molecule has 0 bridgehead atoms. The molecule has 0 aliphatic heterocycles. The quantitative estimate of drug-likeness (QED) is 0.830. The Morgan fingerprint density at radius 2 is 2.07 bits per heavy atom. The van der Waals surface area contributed by atoms with Gasteiger partial charge in [0.25, 0.3) is 0 Å². The minimum atomic E-state index is -0.992. The molecule has 15 heavy (non-hydrogen) atoms. The van der Waals surface area contributed by atoms with Crippen LogP contribution >= 0.6 is 0 Å². The maximum Gasteiger partial charge on any atom is 0.123 e. The molecule has 3 heteroatoms. The first-order valence-corrected chi connectivity index (χ1v) is 5.11. The molecule has 0 spiro atoms. The standard InChI is InChI=1S/C12H18FNO/c1-8(14)7-11-10(9(2)13)5-4-6-12(11)15-3/h4-6,8-9H,7,14H2,1-3H3. The van der Waals surface area contributed by atoms with Crippen molar-refractivity contribution in [1.82, 2.24) is 0 Å². The SMILES string of the molecule is COc1cccc(C(C)F)c1CC(C)N. The molecule has 2 N–H and O–H groups in total. The van der Waals surface area contributed by atoms with Crippen LogP contribution in [0.4, 0.5) is 4.39 Å². The van der Waals surface area contributed by atoms with Crippen LogP contribution in [0.2, 0.25) is 0 Å². The zero-order valence-electron chi connectivity index (χ0n) is 9.46. The van der Waals surface area contributed by atoms with Crippen LogP contribution in [-0.2, 0) is 6.42 Å². The molecule has 2 atom stereocenters. The molecule has 0 amide bonds. The normalized spacial score (nSPS) is 14.7. The van der Waals surface area contributed by atoms with Crippen molar-refractivity contribution in [3.63, 3.8) is 0 Å². The zero-order chi connectivity index (χ0) is 11.4. The lowest BCUT2D eigenvalue weighted by molar-refractivity contribution is 0.364. The minimum Gasteiger partial charge on any atom is -0.496 e. The van der Waals surface area contributed by atoms with Crippen LogP contribution in [0.5, 0.6) is 5.75 Å². The first-order valence-electron chi connectivity index (χ1n) is 5.11. The second-order valence-electron chi connectivity index (χ2n) is 3.83. The van der Waals surface area contributed by atoms with Gasteiger partial charge in [-0.15, -0.1) is 0 Å². The van der Waals surface area contributed by atoms with Crippen molar-refractivity contribution < 1.29 is 9.13 Å². The van der Waals surface area contributed by atoms with E-state index in [0.717, 1.165) is 5.56 Å². The van der Waals surface area contributed by atoms with Crippen molar-refractivity contribution in [2.45, 2.75) is 32.5 Å². The van der Waals surface area contributed by atoms with Crippen LogP contribution in [0.1, 0.15) is 31.1 Å². The van der Waals surface area contributed by atoms with Gasteiger partial charge < -0.3 is 10.5 Å². The lowest BCUT2D eigenvalue weighted by Crippen LogP contribution is -2.19. The van der Waals surface area contributed by atoms with Crippen molar-refractivity contribution >= 4 is 0 Å². The van der Waals surface area contributed by atoms with Gasteiger partial charge in [-0.05, 0) is 31.9 Å². The zero-order valence-corrected chi connectivity index (χ0v) is 9.46. The average Bonchev–Trinajstić information content (AvgIpc) is 2.16. The molecule has 0 radical (unpaired) electrons. The van der Waals surface area contributed by atoms with Gasteiger partial charge in [-0.1, -0.05) is 12.1 Å². The van der Waals surface area contributed by atoms with Crippen molar-refractivity contribution in [3.8, 4) is 5.75 Å². The van der Waals surface area contributed by atoms with Gasteiger partial charge in [-0.25, -0.2) is 4.39 Å². The van der Waals surface area contributed by atoms with Crippen molar-refractivity contribution in [1.29, 1.82) is 0 Å². The fourth-order valence-corrected chi connectivity index (χ4v) is 1.69. The molecule has 2 unspecified atom stereocenters. The highest BCUT2D eigenvalue weighted by Gasteiger charge is 2.14. The molecule has 0 aliphatic carbocycles. The average molecular weight is 211 g/mol. The lowest BCUT2D eigenvalue weighted by atomic mass is 9.97. The summed E-state index contributed by atoms with van der Waals surface area (Å²) in [5.41, 5.74) is 7.29. The summed E-state index contributed by atoms with van der Waals surface area (Å²) in [5, 5.41) is 0. The number of nitrogens with two attached hydrogens (primary N) is 1. The number of methoxy groups -OCH3 is 1. The number of benzene rings is 1. The van der Waals surface area contributed by atoms with Crippen LogP contribution in [0.25, 0.3) is 0 Å². The fraction of sp³-hybridized carbons (Fsp3) is 0.500. The van der Waals surface area contributed by atoms with Gasteiger partial charge in [-0.3, -0.25) is 0 Å². The summed E-state index contributed by atoms with van der Waals surface area (Å²) in [6.45, 7) is 3.43. The van der Waals surface area contributed by atoms with Gasteiger partial charge >= 0.3 is 0 Å². The summed E-state index contributed by atoms with van der Waals surface area (Å²) in [6.07, 6.45) is -0.359. The lowest BCUT2D eigenvalue weighted by Gasteiger charge is -2.16. The maximum absolute atomic E-state index is 13.4. The van der Waals surface area contributed by atoms with E-state index in [2.05, 4.69) is 0 Å². The van der Waals surface area contributed by atoms with Gasteiger partial charge in [0.1, 0.15) is 11.9 Å². The summed E-state index contributed by atoms with van der Waals surface area (Å²) >= 11 is 0. The Balaban J connectivity index is 3.14. The summed E-state index contributed by atoms with van der Waals surface area (Å²) in [5.74, 6) is 0.717. The minimum absolute atomic E-state index is 0.00111. The second-order valence-corrected chi connectivity index (χ2v) is 3.83. The van der Waals surface area contributed by atoms with E-state index in [1.807, 2.05) is 13.0 Å². The third-order valence-corrected chi connectivity index (χ3v) is 2.34. The molecular weight excluding hydrogens is 193 g/mol. The third-order valence-electron chi connectivity index (χ3n) is 2.34. The Labute approximate surface area is 90.2 Å². The van der Waals surface area contributed by atoms with Crippen LogP contribution in [-0.4, -0.2) is 13.2 Å². The molecule has 1 aromatic rings. The van der Waals surface area contributed by atoms with Crippen molar-refractivity contribution in [2.75, 3.05) is 7.11 Å². The Hall–Kier alpha value is -1.09. The van der Waals surface area contributed by atoms with Gasteiger partial charge in [0.15, 0.2) is 0 Å². The van der Waals surface area contributed by atoms with Crippen LogP contribution in [0.3, 0.4) is 0 Å². The van der Waals surface area contributed by atoms with E-state index in [1.165, 1.54) is 6.92 Å². The fourth-order valence-electron chi connectivity index (χ4n) is 1.69. The molecule has 0 saturated carbocycles. The highest BCUT2D eigenvalue weighted by molar-refractivity contribution is 5.41. The van der Waals surface area contributed by atoms with E-state index < -0.39 is 6.17 Å². The summed E-state index contributed by atoms with van der Waals surface area (Å²) in [4.78, 5) is 0. The van der Waals surface area contributed by atoms with Gasteiger partial charge in [-0.2, -0.15) is 0 Å². The topological polar surface area (TPSA) is 35.2 Å². The molecule has 0 aromatic heterocycles. The first-order chi connectivity index (χ1) is 7.06. The molecule has 0 heterocycles. The predicted octanol–water partition coefficient (Wildman–Crippen LogP) is 2.62. The highest BCUT2D eigenvalue weighted by Crippen LogP contribution is 2.29. The number of ether oxygens (including phenoxy) is 1. The first kappa shape index (κ1) is 12.0. The van der Waals surface area contributed by atoms with Crippen molar-refractivity contribution in [3.05, 3.63) is 29.3 Å². The number of rotatable bonds is 4. The van der Waals surface area contributed by atoms with E-state index in [4.69, 9.17) is 10.5 Å². The van der Waals surface area contributed by atoms with E-state index in [-0.39, 0.29) is 6.04 Å². The maximum atomic E-state index is 13.4. The smallest absolute Gasteiger partial charge is 0.123 e. The number of hydrogen-bond acceptors (Lipinski definition) is 2. The second kappa shape index (κ2) is 5.12.